The summed E-state index contributed by atoms with van der Waals surface area (Å²) in [4.78, 5) is 25.0. The van der Waals surface area contributed by atoms with Gasteiger partial charge in [0.05, 0.1) is 11.4 Å². The fourth-order valence-electron chi connectivity index (χ4n) is 2.85. The van der Waals surface area contributed by atoms with E-state index in [9.17, 15) is 14.0 Å². The van der Waals surface area contributed by atoms with Crippen LogP contribution in [0, 0.1) is 12.7 Å². The Balaban J connectivity index is 1.65. The van der Waals surface area contributed by atoms with E-state index in [2.05, 4.69) is 5.10 Å². The molecule has 4 aromatic rings. The maximum Gasteiger partial charge on any atom is 0.353 e. The van der Waals surface area contributed by atoms with Gasteiger partial charge in [0.2, 0.25) is 0 Å². The molecule has 0 saturated carbocycles. The van der Waals surface area contributed by atoms with Crippen LogP contribution in [0.3, 0.4) is 0 Å². The first-order valence-corrected chi connectivity index (χ1v) is 9.32. The molecular formula is C21H15FN2O3S. The van der Waals surface area contributed by atoms with E-state index >= 15 is 0 Å². The van der Waals surface area contributed by atoms with Crippen molar-refractivity contribution in [2.45, 2.75) is 13.8 Å². The number of aromatic nitrogens is 2. The number of thiophene rings is 1. The number of Topliss-reactive ketones (excluding diaryl/α,β-unsaturated/α-hetero) is 1. The molecule has 0 amide bonds. The van der Waals surface area contributed by atoms with Gasteiger partial charge in [-0.3, -0.25) is 4.79 Å². The average molecular weight is 394 g/mol. The van der Waals surface area contributed by atoms with E-state index in [1.807, 2.05) is 6.92 Å². The minimum absolute atomic E-state index is 0.0558. The monoisotopic (exact) mass is 394 g/mol. The van der Waals surface area contributed by atoms with Crippen LogP contribution in [0.1, 0.15) is 32.6 Å². The highest BCUT2D eigenvalue weighted by Crippen LogP contribution is 2.31. The SMILES string of the molecule is CC(=O)c1ccc(OC(=O)c2cc3c(C)nn(-c4cccc(F)c4)c3s2)cc1. The summed E-state index contributed by atoms with van der Waals surface area (Å²) in [5.74, 6) is -0.554. The standard InChI is InChI=1S/C21H15FN2O3S/c1-12-18-11-19(21(26)27-17-8-6-14(7-9-17)13(2)25)28-20(18)24(23-12)16-5-3-4-15(22)10-16/h3-11H,1-2H3. The highest BCUT2D eigenvalue weighted by atomic mass is 32.1. The van der Waals surface area contributed by atoms with Crippen LogP contribution in [0.2, 0.25) is 0 Å². The molecule has 0 unspecified atom stereocenters. The van der Waals surface area contributed by atoms with Gasteiger partial charge in [0.15, 0.2) is 5.78 Å². The van der Waals surface area contributed by atoms with Gasteiger partial charge < -0.3 is 4.74 Å². The third-order valence-corrected chi connectivity index (χ3v) is 5.36. The number of carbonyl (C=O) groups is 2. The van der Waals surface area contributed by atoms with Gasteiger partial charge in [-0.2, -0.15) is 5.10 Å². The second-order valence-electron chi connectivity index (χ2n) is 6.28. The number of ketones is 1. The Morgan fingerprint density at radius 1 is 1.11 bits per heavy atom. The maximum absolute atomic E-state index is 13.6. The van der Waals surface area contributed by atoms with E-state index in [0.29, 0.717) is 21.9 Å². The summed E-state index contributed by atoms with van der Waals surface area (Å²) in [6.45, 7) is 3.31. The Bertz CT molecular complexity index is 1210. The topological polar surface area (TPSA) is 61.2 Å². The molecule has 7 heteroatoms. The summed E-state index contributed by atoms with van der Waals surface area (Å²) in [5.41, 5.74) is 1.87. The number of ether oxygens (including phenoxy) is 1. The lowest BCUT2D eigenvalue weighted by Gasteiger charge is -2.04. The van der Waals surface area contributed by atoms with Crippen LogP contribution in [-0.4, -0.2) is 21.5 Å². The van der Waals surface area contributed by atoms with Crippen molar-refractivity contribution in [1.82, 2.24) is 9.78 Å². The van der Waals surface area contributed by atoms with Crippen molar-refractivity contribution in [3.05, 3.63) is 76.5 Å². The van der Waals surface area contributed by atoms with E-state index in [4.69, 9.17) is 4.74 Å². The predicted molar refractivity (Wildman–Crippen MR) is 105 cm³/mol. The fourth-order valence-corrected chi connectivity index (χ4v) is 3.91. The number of benzene rings is 2. The lowest BCUT2D eigenvalue weighted by molar-refractivity contribution is 0.0740. The van der Waals surface area contributed by atoms with E-state index in [-0.39, 0.29) is 11.6 Å². The molecule has 0 aliphatic heterocycles. The van der Waals surface area contributed by atoms with Gasteiger partial charge in [-0.15, -0.1) is 11.3 Å². The van der Waals surface area contributed by atoms with Gasteiger partial charge in [0, 0.05) is 10.9 Å². The highest BCUT2D eigenvalue weighted by molar-refractivity contribution is 7.20. The van der Waals surface area contributed by atoms with Crippen LogP contribution in [0.5, 0.6) is 5.75 Å². The minimum atomic E-state index is -0.498. The average Bonchev–Trinajstić information content (AvgIpc) is 3.23. The predicted octanol–water partition coefficient (Wildman–Crippen LogP) is 4.96. The highest BCUT2D eigenvalue weighted by Gasteiger charge is 2.19. The third kappa shape index (κ3) is 3.32. The van der Waals surface area contributed by atoms with Crippen molar-refractivity contribution in [2.75, 3.05) is 0 Å². The molecule has 0 aliphatic rings. The zero-order chi connectivity index (χ0) is 19.8. The van der Waals surface area contributed by atoms with Crippen LogP contribution in [0.4, 0.5) is 4.39 Å². The molecule has 0 saturated heterocycles. The van der Waals surface area contributed by atoms with Crippen molar-refractivity contribution in [3.63, 3.8) is 0 Å². The van der Waals surface area contributed by atoms with E-state index < -0.39 is 5.97 Å². The molecule has 0 aliphatic carbocycles. The Kier molecular flexibility index (Phi) is 4.52. The lowest BCUT2D eigenvalue weighted by atomic mass is 10.1. The van der Waals surface area contributed by atoms with Gasteiger partial charge in [-0.25, -0.2) is 13.9 Å². The molecule has 0 spiro atoms. The Morgan fingerprint density at radius 2 is 1.86 bits per heavy atom. The molecule has 4 rings (SSSR count). The number of carbonyl (C=O) groups excluding carboxylic acids is 2. The van der Waals surface area contributed by atoms with Crippen molar-refractivity contribution in [1.29, 1.82) is 0 Å². The second-order valence-corrected chi connectivity index (χ2v) is 7.31. The molecule has 0 fully saturated rings. The fraction of sp³-hybridized carbons (Fsp3) is 0.0952. The van der Waals surface area contributed by atoms with Crippen molar-refractivity contribution >= 4 is 33.3 Å². The van der Waals surface area contributed by atoms with Gasteiger partial charge in [0.1, 0.15) is 21.3 Å². The summed E-state index contributed by atoms with van der Waals surface area (Å²) in [6, 6.07) is 14.2. The van der Waals surface area contributed by atoms with Crippen LogP contribution in [0.15, 0.2) is 54.6 Å². The first kappa shape index (κ1) is 18.1. The lowest BCUT2D eigenvalue weighted by Crippen LogP contribution is -2.06. The smallest absolute Gasteiger partial charge is 0.353 e. The maximum atomic E-state index is 13.6. The number of esters is 1. The molecule has 28 heavy (non-hydrogen) atoms. The van der Waals surface area contributed by atoms with E-state index in [0.717, 1.165) is 15.9 Å². The van der Waals surface area contributed by atoms with Gasteiger partial charge in [0.25, 0.3) is 0 Å². The Morgan fingerprint density at radius 3 is 2.54 bits per heavy atom. The quantitative estimate of drug-likeness (QED) is 0.279. The number of rotatable bonds is 4. The van der Waals surface area contributed by atoms with E-state index in [1.54, 1.807) is 47.1 Å². The van der Waals surface area contributed by atoms with Gasteiger partial charge in [-0.1, -0.05) is 6.07 Å². The van der Waals surface area contributed by atoms with Crippen molar-refractivity contribution < 1.29 is 18.7 Å². The zero-order valence-electron chi connectivity index (χ0n) is 15.1. The molecule has 0 N–H and O–H groups in total. The summed E-state index contributed by atoms with van der Waals surface area (Å²) >= 11 is 1.23. The number of hydrogen-bond donors (Lipinski definition) is 0. The van der Waals surface area contributed by atoms with Crippen molar-refractivity contribution in [2.24, 2.45) is 0 Å². The molecule has 0 bridgehead atoms. The normalized spacial score (nSPS) is 11.0. The number of nitrogens with zero attached hydrogens (tertiary/aromatic N) is 2. The van der Waals surface area contributed by atoms with Gasteiger partial charge in [-0.05, 0) is 62.4 Å². The van der Waals surface area contributed by atoms with Crippen LogP contribution < -0.4 is 4.74 Å². The number of hydrogen-bond acceptors (Lipinski definition) is 5. The zero-order valence-corrected chi connectivity index (χ0v) is 15.9. The number of fused-ring (bicyclic) bond motifs is 1. The largest absolute Gasteiger partial charge is 0.422 e. The second kappa shape index (κ2) is 7.01. The number of aryl methyl sites for hydroxylation is 1. The van der Waals surface area contributed by atoms with Crippen molar-refractivity contribution in [3.8, 4) is 11.4 Å². The first-order chi connectivity index (χ1) is 13.4. The van der Waals surface area contributed by atoms with Gasteiger partial charge >= 0.3 is 5.97 Å². The molecule has 2 aromatic carbocycles. The van der Waals surface area contributed by atoms with Crippen LogP contribution in [-0.2, 0) is 0 Å². The summed E-state index contributed by atoms with van der Waals surface area (Å²) < 4.78 is 20.6. The summed E-state index contributed by atoms with van der Waals surface area (Å²) in [7, 11) is 0. The number of halogens is 1. The first-order valence-electron chi connectivity index (χ1n) is 8.50. The molecular weight excluding hydrogens is 379 g/mol. The molecule has 0 atom stereocenters. The summed E-state index contributed by atoms with van der Waals surface area (Å²) in [5, 5.41) is 5.26. The Labute approximate surface area is 164 Å². The molecule has 2 aromatic heterocycles. The van der Waals surface area contributed by atoms with Crippen LogP contribution >= 0.6 is 11.3 Å². The summed E-state index contributed by atoms with van der Waals surface area (Å²) in [6.07, 6.45) is 0. The van der Waals surface area contributed by atoms with E-state index in [1.165, 1.54) is 30.4 Å². The molecule has 2 heterocycles. The molecule has 0 radical (unpaired) electrons. The molecule has 5 nitrogen and oxygen atoms in total. The van der Waals surface area contributed by atoms with Crippen LogP contribution in [0.25, 0.3) is 15.9 Å². The third-order valence-electron chi connectivity index (χ3n) is 4.27. The minimum Gasteiger partial charge on any atom is -0.422 e. The Hall–Kier alpha value is -3.32. The molecule has 140 valence electrons.